The van der Waals surface area contributed by atoms with E-state index < -0.39 is 12.1 Å². The van der Waals surface area contributed by atoms with Crippen molar-refractivity contribution in [2.75, 3.05) is 6.61 Å². The molecule has 31 heavy (non-hydrogen) atoms. The summed E-state index contributed by atoms with van der Waals surface area (Å²) in [6, 6.07) is 0. The van der Waals surface area contributed by atoms with E-state index in [1.54, 1.807) is 0 Å². The molecule has 3 fully saturated rings. The molecule has 0 amide bonds. The molecule has 8 atom stereocenters. The fourth-order valence-corrected chi connectivity index (χ4v) is 7.81. The lowest BCUT2D eigenvalue weighted by molar-refractivity contribution is -0.155. The number of aliphatic hydroxyl groups excluding tert-OH is 1. The van der Waals surface area contributed by atoms with Crippen LogP contribution in [0.4, 0.5) is 0 Å². The van der Waals surface area contributed by atoms with Crippen LogP contribution in [0.1, 0.15) is 72.6 Å². The molecule has 4 rings (SSSR count). The number of Topliss-reactive ketones (excluding diaryl/α,β-unsaturated/α-hetero) is 1. The molecule has 3 saturated carbocycles. The number of fused-ring (bicyclic) bond motifs is 5. The van der Waals surface area contributed by atoms with Crippen molar-refractivity contribution in [3.8, 4) is 0 Å². The van der Waals surface area contributed by atoms with Crippen molar-refractivity contribution < 1.29 is 29.0 Å². The highest BCUT2D eigenvalue weighted by molar-refractivity contribution is 5.85. The van der Waals surface area contributed by atoms with Gasteiger partial charge < -0.3 is 14.6 Å². The maximum Gasteiger partial charge on any atom is 0.303 e. The van der Waals surface area contributed by atoms with Gasteiger partial charge in [-0.2, -0.15) is 0 Å². The molecule has 6 nitrogen and oxygen atoms in total. The third-order valence-electron chi connectivity index (χ3n) is 9.30. The van der Waals surface area contributed by atoms with Gasteiger partial charge in [0.2, 0.25) is 0 Å². The van der Waals surface area contributed by atoms with E-state index in [9.17, 15) is 19.5 Å². The maximum absolute atomic E-state index is 12.9. The van der Waals surface area contributed by atoms with E-state index in [2.05, 4.69) is 19.9 Å². The number of ketones is 1. The first-order chi connectivity index (χ1) is 14.6. The van der Waals surface area contributed by atoms with E-state index in [0.29, 0.717) is 30.6 Å². The number of rotatable bonds is 4. The van der Waals surface area contributed by atoms with Crippen molar-refractivity contribution in [1.29, 1.82) is 0 Å². The summed E-state index contributed by atoms with van der Waals surface area (Å²) in [5.41, 5.74) is 0.878. The number of allylic oxidation sites excluding steroid dienone is 1. The van der Waals surface area contributed by atoms with Crippen molar-refractivity contribution in [3.63, 3.8) is 0 Å². The van der Waals surface area contributed by atoms with Crippen LogP contribution in [0.3, 0.4) is 0 Å². The molecule has 0 aliphatic heterocycles. The summed E-state index contributed by atoms with van der Waals surface area (Å²) in [5, 5.41) is 11.2. The molecule has 2 unspecified atom stereocenters. The van der Waals surface area contributed by atoms with Crippen molar-refractivity contribution in [1.82, 2.24) is 0 Å². The Bertz CT molecular complexity index is 802. The molecule has 1 N–H and O–H groups in total. The van der Waals surface area contributed by atoms with Gasteiger partial charge in [-0.15, -0.1) is 0 Å². The van der Waals surface area contributed by atoms with E-state index >= 15 is 0 Å². The van der Waals surface area contributed by atoms with Crippen LogP contribution in [-0.2, 0) is 23.9 Å². The molecule has 0 aromatic rings. The fourth-order valence-electron chi connectivity index (χ4n) is 7.81. The Morgan fingerprint density at radius 1 is 1.10 bits per heavy atom. The number of carbonyl (C=O) groups is 3. The van der Waals surface area contributed by atoms with Gasteiger partial charge in [-0.3, -0.25) is 14.4 Å². The van der Waals surface area contributed by atoms with E-state index in [1.165, 1.54) is 19.4 Å². The normalized spacial score (nSPS) is 43.7. The van der Waals surface area contributed by atoms with E-state index in [0.717, 1.165) is 32.1 Å². The van der Waals surface area contributed by atoms with E-state index in [4.69, 9.17) is 9.47 Å². The third-order valence-corrected chi connectivity index (χ3v) is 9.30. The SMILES string of the molecule is CC(=O)OCC(=O)[C@H]1CC[C@H]2[C@@H]3CC=C4CC(OC(C)=O)CC(O)[C@]4(C)[C@H]3CC[C@]12C. The summed E-state index contributed by atoms with van der Waals surface area (Å²) in [4.78, 5) is 35.5. The first kappa shape index (κ1) is 22.5. The van der Waals surface area contributed by atoms with Crippen molar-refractivity contribution >= 4 is 17.7 Å². The Morgan fingerprint density at radius 2 is 1.84 bits per heavy atom. The van der Waals surface area contributed by atoms with Crippen molar-refractivity contribution in [2.45, 2.75) is 84.8 Å². The highest BCUT2D eigenvalue weighted by atomic mass is 16.5. The Labute approximate surface area is 184 Å². The largest absolute Gasteiger partial charge is 0.462 e. The molecular formula is C25H36O6. The molecule has 0 spiro atoms. The zero-order valence-electron chi connectivity index (χ0n) is 19.2. The summed E-state index contributed by atoms with van der Waals surface area (Å²) in [6.45, 7) is 7.10. The van der Waals surface area contributed by atoms with E-state index in [1.807, 2.05) is 0 Å². The Hall–Kier alpha value is -1.69. The minimum Gasteiger partial charge on any atom is -0.462 e. The fraction of sp³-hybridized carbons (Fsp3) is 0.800. The second-order valence-corrected chi connectivity index (χ2v) is 10.7. The Morgan fingerprint density at radius 3 is 2.52 bits per heavy atom. The number of hydrogen-bond donors (Lipinski definition) is 1. The van der Waals surface area contributed by atoms with Gasteiger partial charge >= 0.3 is 11.9 Å². The predicted molar refractivity (Wildman–Crippen MR) is 114 cm³/mol. The van der Waals surface area contributed by atoms with Crippen LogP contribution in [0.15, 0.2) is 11.6 Å². The van der Waals surface area contributed by atoms with Gasteiger partial charge in [0, 0.05) is 38.0 Å². The summed E-state index contributed by atoms with van der Waals surface area (Å²) in [7, 11) is 0. The predicted octanol–water partition coefficient (Wildman–Crippen LogP) is 3.60. The summed E-state index contributed by atoms with van der Waals surface area (Å²) in [6.07, 6.45) is 7.48. The number of ether oxygens (including phenoxy) is 2. The average molecular weight is 433 g/mol. The lowest BCUT2D eigenvalue weighted by atomic mass is 9.46. The molecule has 4 aliphatic carbocycles. The zero-order valence-corrected chi connectivity index (χ0v) is 19.2. The number of hydrogen-bond acceptors (Lipinski definition) is 6. The molecular weight excluding hydrogens is 396 g/mol. The standard InChI is InChI=1S/C25H36O6/c1-14(26)30-13-22(28)21-8-7-19-18-6-5-16-11-17(31-15(2)27)12-23(29)25(16,4)20(18)9-10-24(19,21)3/h5,17-21,23,29H,6-13H2,1-4H3/t17?,18-,19-,20-,21+,23?,24-,25-/m0/s1. The number of carbonyl (C=O) groups excluding carboxylic acids is 3. The maximum atomic E-state index is 12.9. The van der Waals surface area contributed by atoms with E-state index in [-0.39, 0.29) is 41.2 Å². The molecule has 0 aromatic heterocycles. The summed E-state index contributed by atoms with van der Waals surface area (Å²) in [5.74, 6) is 0.553. The first-order valence-electron chi connectivity index (χ1n) is 11.8. The van der Waals surface area contributed by atoms with Crippen LogP contribution < -0.4 is 0 Å². The van der Waals surface area contributed by atoms with Gasteiger partial charge in [-0.25, -0.2) is 0 Å². The Kier molecular flexibility index (Phi) is 5.82. The molecule has 0 aromatic carbocycles. The van der Waals surface area contributed by atoms with Crippen molar-refractivity contribution in [2.24, 2.45) is 34.5 Å². The molecule has 0 heterocycles. The smallest absolute Gasteiger partial charge is 0.303 e. The van der Waals surface area contributed by atoms with Crippen LogP contribution in [0.2, 0.25) is 0 Å². The quantitative estimate of drug-likeness (QED) is 0.539. The monoisotopic (exact) mass is 432 g/mol. The van der Waals surface area contributed by atoms with Gasteiger partial charge in [-0.1, -0.05) is 25.5 Å². The highest BCUT2D eigenvalue weighted by Crippen LogP contribution is 2.66. The third kappa shape index (κ3) is 3.65. The summed E-state index contributed by atoms with van der Waals surface area (Å²) >= 11 is 0. The van der Waals surface area contributed by atoms with Crippen LogP contribution in [0.25, 0.3) is 0 Å². The number of esters is 2. The van der Waals surface area contributed by atoms with Gasteiger partial charge in [0.15, 0.2) is 5.78 Å². The highest BCUT2D eigenvalue weighted by Gasteiger charge is 2.61. The van der Waals surface area contributed by atoms with Crippen molar-refractivity contribution in [3.05, 3.63) is 11.6 Å². The molecule has 0 radical (unpaired) electrons. The number of aliphatic hydroxyl groups is 1. The lowest BCUT2D eigenvalue weighted by Gasteiger charge is -2.59. The lowest BCUT2D eigenvalue weighted by Crippen LogP contribution is -2.56. The second kappa shape index (κ2) is 8.02. The summed E-state index contributed by atoms with van der Waals surface area (Å²) < 4.78 is 10.5. The molecule has 4 aliphatic rings. The van der Waals surface area contributed by atoms with Crippen LogP contribution in [0, 0.1) is 34.5 Å². The molecule has 0 saturated heterocycles. The van der Waals surface area contributed by atoms with Gasteiger partial charge in [0.25, 0.3) is 0 Å². The zero-order chi connectivity index (χ0) is 22.6. The van der Waals surface area contributed by atoms with Crippen LogP contribution in [-0.4, -0.2) is 41.6 Å². The van der Waals surface area contributed by atoms with Crippen LogP contribution in [0.5, 0.6) is 0 Å². The average Bonchev–Trinajstić information content (AvgIpc) is 3.04. The topological polar surface area (TPSA) is 89.9 Å². The Balaban J connectivity index is 1.55. The minimum atomic E-state index is -0.531. The van der Waals surface area contributed by atoms with Crippen LogP contribution >= 0.6 is 0 Å². The second-order valence-electron chi connectivity index (χ2n) is 10.7. The molecule has 172 valence electrons. The van der Waals surface area contributed by atoms with Gasteiger partial charge in [-0.05, 0) is 55.3 Å². The minimum absolute atomic E-state index is 0.0545. The molecule has 6 heteroatoms. The molecule has 0 bridgehead atoms. The first-order valence-corrected chi connectivity index (χ1v) is 11.8. The van der Waals surface area contributed by atoms with Gasteiger partial charge in [0.05, 0.1) is 6.10 Å². The van der Waals surface area contributed by atoms with Gasteiger partial charge in [0.1, 0.15) is 12.7 Å².